The Morgan fingerprint density at radius 3 is 2.46 bits per heavy atom. The summed E-state index contributed by atoms with van der Waals surface area (Å²) in [6.45, 7) is 1.75. The first-order valence-corrected chi connectivity index (χ1v) is 13.5. The number of ether oxygens (including phenoxy) is 3. The number of allylic oxidation sites excluding steroid dienone is 1. The molecule has 1 spiro atoms. The van der Waals surface area contributed by atoms with Gasteiger partial charge in [-0.05, 0) is 28.8 Å². The van der Waals surface area contributed by atoms with Gasteiger partial charge in [-0.3, -0.25) is 23.5 Å². The van der Waals surface area contributed by atoms with Gasteiger partial charge in [0, 0.05) is 43.3 Å². The molecule has 0 amide bonds. The third-order valence-electron chi connectivity index (χ3n) is 7.95. The number of carbonyl (C=O) groups excluding carboxylic acids is 2. The van der Waals surface area contributed by atoms with E-state index in [0.29, 0.717) is 17.1 Å². The summed E-state index contributed by atoms with van der Waals surface area (Å²) < 4.78 is 19.5. The fraction of sp³-hybridized carbons (Fsp3) is 0.333. The smallest absolute Gasteiger partial charge is 0.332 e. The molecule has 1 aromatic carbocycles. The number of thiophene rings is 1. The first-order valence-electron chi connectivity index (χ1n) is 12.1. The summed E-state index contributed by atoms with van der Waals surface area (Å²) >= 11 is 7.98. The van der Waals surface area contributed by atoms with Crippen LogP contribution in [-0.4, -0.2) is 40.5 Å². The number of hydrogen-bond donors (Lipinski definition) is 1. The van der Waals surface area contributed by atoms with Gasteiger partial charge < -0.3 is 19.5 Å². The standard InChI is InChI=1S/C27H24ClN3O7S/c1-11-8-13-17(16(12-6-7-39-10-12)19-24(29-13)30(2)26(35)31(3)25(19)34)22(32)27(11)23(33)18-14(36-4)9-15(37-5)20(28)21(18)38-27/h6-7,9-11,16,29H,8H2,1-5H3/t11-,16+,27+/m1/s1. The van der Waals surface area contributed by atoms with Crippen LogP contribution in [0.1, 0.15) is 40.7 Å². The van der Waals surface area contributed by atoms with E-state index in [1.807, 2.05) is 16.8 Å². The molecule has 39 heavy (non-hydrogen) atoms. The number of halogens is 1. The predicted molar refractivity (Wildman–Crippen MR) is 145 cm³/mol. The largest absolute Gasteiger partial charge is 0.496 e. The Balaban J connectivity index is 1.60. The van der Waals surface area contributed by atoms with Gasteiger partial charge in [0.15, 0.2) is 5.75 Å². The van der Waals surface area contributed by atoms with Crippen LogP contribution in [0.3, 0.4) is 0 Å². The SMILES string of the molecule is COc1cc(OC)c2c(c1Cl)O[C@@]1(C(=O)C3=C(C[C@H]1C)Nc1c(c(=O)n(C)c(=O)n1C)[C@H]3c1ccsc1)C2=O. The number of ketones is 2. The zero-order valence-corrected chi connectivity index (χ0v) is 23.3. The lowest BCUT2D eigenvalue weighted by atomic mass is 9.66. The molecule has 3 aromatic rings. The fourth-order valence-electron chi connectivity index (χ4n) is 5.96. The second-order valence-electron chi connectivity index (χ2n) is 9.88. The second-order valence-corrected chi connectivity index (χ2v) is 11.0. The van der Waals surface area contributed by atoms with Crippen LogP contribution in [0.4, 0.5) is 5.82 Å². The van der Waals surface area contributed by atoms with Crippen molar-refractivity contribution in [3.8, 4) is 17.2 Å². The lowest BCUT2D eigenvalue weighted by Gasteiger charge is -2.42. The molecule has 0 saturated carbocycles. The van der Waals surface area contributed by atoms with Gasteiger partial charge >= 0.3 is 5.69 Å². The molecule has 4 heterocycles. The van der Waals surface area contributed by atoms with Crippen LogP contribution in [-0.2, 0) is 18.9 Å². The zero-order chi connectivity index (χ0) is 28.0. The van der Waals surface area contributed by atoms with Crippen LogP contribution < -0.4 is 30.8 Å². The van der Waals surface area contributed by atoms with E-state index < -0.39 is 40.3 Å². The number of carbonyl (C=O) groups is 2. The van der Waals surface area contributed by atoms with Crippen molar-refractivity contribution in [3.63, 3.8) is 0 Å². The van der Waals surface area contributed by atoms with Crippen molar-refractivity contribution in [2.75, 3.05) is 19.5 Å². The Morgan fingerprint density at radius 1 is 1.10 bits per heavy atom. The lowest BCUT2D eigenvalue weighted by Crippen LogP contribution is -2.58. The number of rotatable bonds is 3. The van der Waals surface area contributed by atoms with Gasteiger partial charge in [-0.1, -0.05) is 18.5 Å². The van der Waals surface area contributed by atoms with Gasteiger partial charge in [0.05, 0.1) is 19.8 Å². The molecule has 3 aliphatic rings. The van der Waals surface area contributed by atoms with Gasteiger partial charge in [0.25, 0.3) is 5.56 Å². The van der Waals surface area contributed by atoms with Crippen molar-refractivity contribution in [1.29, 1.82) is 0 Å². The van der Waals surface area contributed by atoms with Gasteiger partial charge in [0.2, 0.25) is 17.2 Å². The topological polar surface area (TPSA) is 118 Å². The van der Waals surface area contributed by atoms with E-state index >= 15 is 0 Å². The van der Waals surface area contributed by atoms with E-state index in [1.165, 1.54) is 43.2 Å². The van der Waals surface area contributed by atoms with Crippen molar-refractivity contribution >= 4 is 40.3 Å². The summed E-state index contributed by atoms with van der Waals surface area (Å²) in [4.78, 5) is 55.1. The number of nitrogens with one attached hydrogen (secondary N) is 1. The molecule has 202 valence electrons. The van der Waals surface area contributed by atoms with Gasteiger partial charge in [-0.25, -0.2) is 4.79 Å². The Labute approximate surface area is 231 Å². The molecule has 0 radical (unpaired) electrons. The molecule has 0 bridgehead atoms. The summed E-state index contributed by atoms with van der Waals surface area (Å²) in [5.41, 5.74) is -1.15. The minimum atomic E-state index is -1.93. The molecule has 0 fully saturated rings. The van der Waals surface area contributed by atoms with E-state index in [2.05, 4.69) is 5.32 Å². The molecule has 0 saturated heterocycles. The minimum absolute atomic E-state index is 0.0247. The summed E-state index contributed by atoms with van der Waals surface area (Å²) in [7, 11) is 5.80. The van der Waals surface area contributed by atoms with Crippen molar-refractivity contribution in [2.45, 2.75) is 24.9 Å². The molecule has 1 aliphatic carbocycles. The minimum Gasteiger partial charge on any atom is -0.496 e. The van der Waals surface area contributed by atoms with E-state index in [1.54, 1.807) is 14.0 Å². The highest BCUT2D eigenvalue weighted by atomic mass is 35.5. The molecule has 0 unspecified atom stereocenters. The zero-order valence-electron chi connectivity index (χ0n) is 21.7. The van der Waals surface area contributed by atoms with Gasteiger partial charge in [-0.15, -0.1) is 0 Å². The number of anilines is 1. The number of fused-ring (bicyclic) bond motifs is 2. The lowest BCUT2D eigenvalue weighted by molar-refractivity contribution is -0.130. The van der Waals surface area contributed by atoms with Crippen LogP contribution in [0.25, 0.3) is 0 Å². The Morgan fingerprint density at radius 2 is 1.82 bits per heavy atom. The van der Waals surface area contributed by atoms with Crippen molar-refractivity contribution < 1.29 is 23.8 Å². The van der Waals surface area contributed by atoms with Crippen LogP contribution in [0.15, 0.2) is 43.8 Å². The van der Waals surface area contributed by atoms with Gasteiger partial charge in [0.1, 0.15) is 27.9 Å². The maximum atomic E-state index is 14.7. The predicted octanol–water partition coefficient (Wildman–Crippen LogP) is 3.25. The Kier molecular flexibility index (Phi) is 5.60. The molecule has 2 aliphatic heterocycles. The Hall–Kier alpha value is -3.83. The monoisotopic (exact) mass is 569 g/mol. The van der Waals surface area contributed by atoms with Crippen LogP contribution >= 0.6 is 22.9 Å². The molecule has 3 atom stereocenters. The van der Waals surface area contributed by atoms with E-state index in [4.69, 9.17) is 25.8 Å². The first kappa shape index (κ1) is 25.4. The van der Waals surface area contributed by atoms with E-state index in [0.717, 1.165) is 4.57 Å². The van der Waals surface area contributed by atoms with E-state index in [-0.39, 0.29) is 45.4 Å². The van der Waals surface area contributed by atoms with Crippen molar-refractivity contribution in [1.82, 2.24) is 9.13 Å². The quantitative estimate of drug-likeness (QED) is 0.478. The normalized spacial score (nSPS) is 23.2. The Bertz CT molecular complexity index is 1750. The second kappa shape index (κ2) is 8.59. The molecule has 6 rings (SSSR count). The molecule has 1 N–H and O–H groups in total. The molecule has 10 nitrogen and oxygen atoms in total. The number of aromatic nitrogens is 2. The third kappa shape index (κ3) is 3.14. The molecule has 2 aromatic heterocycles. The van der Waals surface area contributed by atoms with Crippen molar-refractivity contribution in [3.05, 3.63) is 76.7 Å². The highest BCUT2D eigenvalue weighted by molar-refractivity contribution is 7.08. The molecular formula is C27H24ClN3O7S. The highest BCUT2D eigenvalue weighted by Crippen LogP contribution is 2.56. The number of hydrogen-bond acceptors (Lipinski definition) is 9. The number of methoxy groups -OCH3 is 2. The number of Topliss-reactive ketones (excluding diaryl/α,β-unsaturated/α-hetero) is 2. The first-order chi connectivity index (χ1) is 18.6. The molecule has 12 heteroatoms. The highest BCUT2D eigenvalue weighted by Gasteiger charge is 2.63. The average Bonchev–Trinajstić information content (AvgIpc) is 3.57. The number of nitrogens with zero attached hydrogens (tertiary/aromatic N) is 2. The van der Waals surface area contributed by atoms with Gasteiger partial charge in [-0.2, -0.15) is 11.3 Å². The van der Waals surface area contributed by atoms with Crippen molar-refractivity contribution in [2.24, 2.45) is 20.0 Å². The van der Waals surface area contributed by atoms with Crippen LogP contribution in [0.5, 0.6) is 17.2 Å². The summed E-state index contributed by atoms with van der Waals surface area (Å²) in [5.74, 6) is -1.82. The summed E-state index contributed by atoms with van der Waals surface area (Å²) in [5, 5.41) is 6.95. The average molecular weight is 570 g/mol. The van der Waals surface area contributed by atoms with Crippen LogP contribution in [0.2, 0.25) is 5.02 Å². The third-order valence-corrected chi connectivity index (χ3v) is 9.01. The number of benzene rings is 1. The summed E-state index contributed by atoms with van der Waals surface area (Å²) in [6, 6.07) is 3.31. The maximum absolute atomic E-state index is 14.7. The summed E-state index contributed by atoms with van der Waals surface area (Å²) in [6.07, 6.45) is 0.237. The molecular weight excluding hydrogens is 546 g/mol. The fourth-order valence-corrected chi connectivity index (χ4v) is 6.91. The maximum Gasteiger partial charge on any atom is 0.332 e. The van der Waals surface area contributed by atoms with Crippen LogP contribution in [0, 0.1) is 5.92 Å². The van der Waals surface area contributed by atoms with E-state index in [9.17, 15) is 19.2 Å².